The Bertz CT molecular complexity index is 262. The van der Waals surface area contributed by atoms with E-state index in [9.17, 15) is 9.59 Å². The number of halogens is 1. The van der Waals surface area contributed by atoms with Crippen LogP contribution in [-0.4, -0.2) is 44.2 Å². The van der Waals surface area contributed by atoms with Gasteiger partial charge in [0, 0.05) is 12.5 Å². The van der Waals surface area contributed by atoms with Gasteiger partial charge < -0.3 is 14.2 Å². The molecule has 0 saturated heterocycles. The molecule has 0 aromatic rings. The highest BCUT2D eigenvalue weighted by Gasteiger charge is 2.47. The van der Waals surface area contributed by atoms with E-state index in [1.54, 1.807) is 20.8 Å². The highest BCUT2D eigenvalue weighted by Crippen LogP contribution is 2.27. The molecule has 0 spiro atoms. The van der Waals surface area contributed by atoms with Crippen molar-refractivity contribution in [2.45, 2.75) is 33.6 Å². The van der Waals surface area contributed by atoms with Crippen LogP contribution in [-0.2, 0) is 23.8 Å². The third kappa shape index (κ3) is 5.37. The third-order valence-corrected chi connectivity index (χ3v) is 2.97. The molecule has 0 fully saturated rings. The average molecular weight is 295 g/mol. The maximum atomic E-state index is 12.0. The van der Waals surface area contributed by atoms with Gasteiger partial charge in [0.2, 0.25) is 0 Å². The molecule has 0 heterocycles. The number of alkyl halides is 1. The molecule has 0 atom stereocenters. The van der Waals surface area contributed by atoms with Gasteiger partial charge in [-0.1, -0.05) is 6.92 Å². The number of rotatable bonds is 10. The summed E-state index contributed by atoms with van der Waals surface area (Å²) < 4.78 is 15.3. The van der Waals surface area contributed by atoms with Crippen molar-refractivity contribution in [1.82, 2.24) is 0 Å². The normalized spacial score (nSPS) is 11.2. The SMILES string of the molecule is CCOC(=O)C(CC)(COCCCCl)C(=O)OCC. The Kier molecular flexibility index (Phi) is 9.61. The molecule has 19 heavy (non-hydrogen) atoms. The lowest BCUT2D eigenvalue weighted by molar-refractivity contribution is -0.177. The first-order chi connectivity index (χ1) is 9.08. The Morgan fingerprint density at radius 3 is 1.95 bits per heavy atom. The summed E-state index contributed by atoms with van der Waals surface area (Å²) in [6, 6.07) is 0. The van der Waals surface area contributed by atoms with Gasteiger partial charge in [0.15, 0.2) is 5.41 Å². The first kappa shape index (κ1) is 18.2. The fourth-order valence-corrected chi connectivity index (χ4v) is 1.64. The van der Waals surface area contributed by atoms with E-state index < -0.39 is 17.4 Å². The Hall–Kier alpha value is -0.810. The molecule has 0 aliphatic heterocycles. The van der Waals surface area contributed by atoms with Gasteiger partial charge in [-0.25, -0.2) is 0 Å². The summed E-state index contributed by atoms with van der Waals surface area (Å²) in [6.07, 6.45) is 0.929. The van der Waals surface area contributed by atoms with Crippen LogP contribution in [0.5, 0.6) is 0 Å². The van der Waals surface area contributed by atoms with Gasteiger partial charge in [0.05, 0.1) is 19.8 Å². The van der Waals surface area contributed by atoms with Gasteiger partial charge in [-0.2, -0.15) is 0 Å². The maximum absolute atomic E-state index is 12.0. The topological polar surface area (TPSA) is 61.8 Å². The molecule has 6 heteroatoms. The zero-order chi connectivity index (χ0) is 14.7. The van der Waals surface area contributed by atoms with Gasteiger partial charge >= 0.3 is 11.9 Å². The molecule has 0 rings (SSSR count). The number of carbonyl (C=O) groups excluding carboxylic acids is 2. The lowest BCUT2D eigenvalue weighted by Crippen LogP contribution is -2.45. The second kappa shape index (κ2) is 10.0. The van der Waals surface area contributed by atoms with Crippen LogP contribution in [0.25, 0.3) is 0 Å². The predicted octanol–water partition coefficient (Wildman–Crippen LogP) is 2.15. The zero-order valence-electron chi connectivity index (χ0n) is 11.9. The van der Waals surface area contributed by atoms with Crippen LogP contribution in [0.1, 0.15) is 33.6 Å². The molecule has 0 aliphatic rings. The molecule has 0 bridgehead atoms. The third-order valence-electron chi connectivity index (χ3n) is 2.71. The number of hydrogen-bond acceptors (Lipinski definition) is 5. The summed E-state index contributed by atoms with van der Waals surface area (Å²) in [5.41, 5.74) is -1.38. The first-order valence-corrected chi connectivity index (χ1v) is 7.10. The standard InChI is InChI=1S/C13H23ClO5/c1-4-13(11(15)18-5-2,12(16)19-6-3)10-17-9-7-8-14/h4-10H2,1-3H3. The summed E-state index contributed by atoms with van der Waals surface area (Å²) in [6.45, 7) is 5.89. The fourth-order valence-electron chi connectivity index (χ4n) is 1.53. The lowest BCUT2D eigenvalue weighted by atomic mass is 9.86. The molecular weight excluding hydrogens is 272 g/mol. The monoisotopic (exact) mass is 294 g/mol. The first-order valence-electron chi connectivity index (χ1n) is 6.57. The van der Waals surface area contributed by atoms with Crippen molar-refractivity contribution in [3.05, 3.63) is 0 Å². The minimum Gasteiger partial charge on any atom is -0.465 e. The van der Waals surface area contributed by atoms with Gasteiger partial charge in [0.1, 0.15) is 0 Å². The molecule has 0 unspecified atom stereocenters. The Morgan fingerprint density at radius 1 is 1.05 bits per heavy atom. The number of esters is 2. The Labute approximate surface area is 119 Å². The van der Waals surface area contributed by atoms with E-state index in [0.717, 1.165) is 0 Å². The Morgan fingerprint density at radius 2 is 1.58 bits per heavy atom. The van der Waals surface area contributed by atoms with Gasteiger partial charge in [-0.15, -0.1) is 11.6 Å². The largest absolute Gasteiger partial charge is 0.465 e. The molecule has 112 valence electrons. The van der Waals surface area contributed by atoms with Gasteiger partial charge in [-0.05, 0) is 26.7 Å². The highest BCUT2D eigenvalue weighted by molar-refractivity contribution is 6.17. The quantitative estimate of drug-likeness (QED) is 0.267. The molecule has 5 nitrogen and oxygen atoms in total. The lowest BCUT2D eigenvalue weighted by Gasteiger charge is -2.27. The van der Waals surface area contributed by atoms with E-state index in [4.69, 9.17) is 25.8 Å². The number of hydrogen-bond donors (Lipinski definition) is 0. The molecule has 0 aromatic carbocycles. The molecule has 0 amide bonds. The van der Waals surface area contributed by atoms with E-state index in [0.29, 0.717) is 18.9 Å². The van der Waals surface area contributed by atoms with Crippen molar-refractivity contribution in [3.63, 3.8) is 0 Å². The summed E-state index contributed by atoms with van der Waals surface area (Å²) in [4.78, 5) is 24.1. The van der Waals surface area contributed by atoms with Crippen molar-refractivity contribution in [3.8, 4) is 0 Å². The zero-order valence-corrected chi connectivity index (χ0v) is 12.6. The summed E-state index contributed by atoms with van der Waals surface area (Å²) >= 11 is 5.55. The fraction of sp³-hybridized carbons (Fsp3) is 0.846. The van der Waals surface area contributed by atoms with Crippen LogP contribution in [0.4, 0.5) is 0 Å². The summed E-state index contributed by atoms with van der Waals surface area (Å²) in [5, 5.41) is 0. The van der Waals surface area contributed by atoms with Crippen molar-refractivity contribution in [1.29, 1.82) is 0 Å². The second-order valence-corrected chi connectivity index (χ2v) is 4.35. The predicted molar refractivity (Wildman–Crippen MR) is 72.1 cm³/mol. The minimum absolute atomic E-state index is 0.0436. The maximum Gasteiger partial charge on any atom is 0.325 e. The van der Waals surface area contributed by atoms with Crippen LogP contribution < -0.4 is 0 Å². The summed E-state index contributed by atoms with van der Waals surface area (Å²) in [5.74, 6) is -0.721. The molecule has 0 aromatic heterocycles. The molecule has 0 saturated carbocycles. The van der Waals surface area contributed by atoms with E-state index in [2.05, 4.69) is 0 Å². The van der Waals surface area contributed by atoms with Gasteiger partial charge in [-0.3, -0.25) is 9.59 Å². The average Bonchev–Trinajstić information content (AvgIpc) is 2.40. The van der Waals surface area contributed by atoms with E-state index in [1.165, 1.54) is 0 Å². The summed E-state index contributed by atoms with van der Waals surface area (Å²) in [7, 11) is 0. The van der Waals surface area contributed by atoms with Crippen LogP contribution in [0, 0.1) is 5.41 Å². The number of ether oxygens (including phenoxy) is 3. The van der Waals surface area contributed by atoms with Crippen molar-refractivity contribution in [2.75, 3.05) is 32.3 Å². The highest BCUT2D eigenvalue weighted by atomic mass is 35.5. The van der Waals surface area contributed by atoms with E-state index in [-0.39, 0.29) is 26.2 Å². The molecule has 0 aliphatic carbocycles. The van der Waals surface area contributed by atoms with E-state index >= 15 is 0 Å². The minimum atomic E-state index is -1.38. The van der Waals surface area contributed by atoms with E-state index in [1.807, 2.05) is 0 Å². The molecular formula is C13H23ClO5. The van der Waals surface area contributed by atoms with Crippen LogP contribution in [0.2, 0.25) is 0 Å². The molecule has 0 N–H and O–H groups in total. The van der Waals surface area contributed by atoms with Crippen LogP contribution >= 0.6 is 11.6 Å². The number of carbonyl (C=O) groups is 2. The van der Waals surface area contributed by atoms with Crippen LogP contribution in [0.15, 0.2) is 0 Å². The van der Waals surface area contributed by atoms with Crippen molar-refractivity contribution in [2.24, 2.45) is 5.41 Å². The smallest absolute Gasteiger partial charge is 0.325 e. The molecule has 0 radical (unpaired) electrons. The van der Waals surface area contributed by atoms with Crippen LogP contribution in [0.3, 0.4) is 0 Å². The second-order valence-electron chi connectivity index (χ2n) is 3.97. The van der Waals surface area contributed by atoms with Crippen molar-refractivity contribution < 1.29 is 23.8 Å². The van der Waals surface area contributed by atoms with Gasteiger partial charge in [0.25, 0.3) is 0 Å². The van der Waals surface area contributed by atoms with Crippen molar-refractivity contribution >= 4 is 23.5 Å². The Balaban J connectivity index is 4.84.